The molecule has 1 atom stereocenters. The van der Waals surface area contributed by atoms with E-state index in [1.165, 1.54) is 0 Å². The van der Waals surface area contributed by atoms with Crippen LogP contribution in [0.15, 0.2) is 0 Å². The van der Waals surface area contributed by atoms with Gasteiger partial charge in [0, 0.05) is 5.75 Å². The minimum absolute atomic E-state index is 0.580. The summed E-state index contributed by atoms with van der Waals surface area (Å²) in [6, 6.07) is 0. The lowest BCUT2D eigenvalue weighted by atomic mass is 10.4. The van der Waals surface area contributed by atoms with E-state index in [-0.39, 0.29) is 0 Å². The molecule has 0 aromatic rings. The van der Waals surface area contributed by atoms with Gasteiger partial charge in [-0.05, 0) is 0 Å². The second-order valence-corrected chi connectivity index (χ2v) is 1.61. The van der Waals surface area contributed by atoms with Gasteiger partial charge >= 0.3 is 6.18 Å². The van der Waals surface area contributed by atoms with Gasteiger partial charge in [0.2, 0.25) is 0 Å². The third kappa shape index (κ3) is 2.42. The monoisotopic (exact) mass is 146 g/mol. The van der Waals surface area contributed by atoms with Crippen LogP contribution in [0.1, 0.15) is 0 Å². The van der Waals surface area contributed by atoms with Crippen molar-refractivity contribution in [2.75, 3.05) is 5.75 Å². The maximum absolute atomic E-state index is 11.2. The van der Waals surface area contributed by atoms with Crippen LogP contribution in [-0.2, 0) is 0 Å². The second kappa shape index (κ2) is 2.59. The van der Waals surface area contributed by atoms with E-state index in [0.29, 0.717) is 0 Å². The van der Waals surface area contributed by atoms with E-state index in [4.69, 9.17) is 5.11 Å². The predicted molar refractivity (Wildman–Crippen MR) is 25.9 cm³/mol. The first-order valence-electron chi connectivity index (χ1n) is 1.84. The first kappa shape index (κ1) is 8.10. The molecule has 1 nitrogen and oxygen atoms in total. The molecular weight excluding hydrogens is 141 g/mol. The molecule has 0 aliphatic carbocycles. The Labute approximate surface area is 49.9 Å². The average Bonchev–Trinajstić information content (AvgIpc) is 1.62. The Balaban J connectivity index is 3.62. The molecule has 0 saturated carbocycles. The highest BCUT2D eigenvalue weighted by atomic mass is 32.1. The van der Waals surface area contributed by atoms with Gasteiger partial charge in [0.15, 0.2) is 6.10 Å². The molecule has 0 fully saturated rings. The highest BCUT2D eigenvalue weighted by molar-refractivity contribution is 7.80. The van der Waals surface area contributed by atoms with Crippen molar-refractivity contribution in [3.05, 3.63) is 0 Å². The van der Waals surface area contributed by atoms with Gasteiger partial charge in [-0.2, -0.15) is 25.8 Å². The minimum Gasteiger partial charge on any atom is -0.383 e. The Hall–Kier alpha value is 0.100. The zero-order valence-electron chi connectivity index (χ0n) is 3.81. The maximum Gasteiger partial charge on any atom is 0.415 e. The number of alkyl halides is 3. The largest absolute Gasteiger partial charge is 0.415 e. The van der Waals surface area contributed by atoms with Gasteiger partial charge in [0.25, 0.3) is 0 Å². The topological polar surface area (TPSA) is 20.2 Å². The van der Waals surface area contributed by atoms with Crippen LogP contribution in [0.5, 0.6) is 0 Å². The van der Waals surface area contributed by atoms with Crippen LogP contribution in [0.25, 0.3) is 0 Å². The second-order valence-electron chi connectivity index (χ2n) is 1.24. The molecule has 0 aromatic carbocycles. The molecule has 0 rings (SSSR count). The van der Waals surface area contributed by atoms with Crippen LogP contribution >= 0.6 is 12.6 Å². The van der Waals surface area contributed by atoms with Gasteiger partial charge in [0.1, 0.15) is 0 Å². The smallest absolute Gasteiger partial charge is 0.383 e. The van der Waals surface area contributed by atoms with Gasteiger partial charge in [-0.3, -0.25) is 0 Å². The van der Waals surface area contributed by atoms with E-state index < -0.39 is 18.0 Å². The molecule has 0 aliphatic rings. The molecule has 5 heteroatoms. The SMILES string of the molecule is OC(CS)C(F)(F)F. The van der Waals surface area contributed by atoms with E-state index in [0.717, 1.165) is 0 Å². The van der Waals surface area contributed by atoms with E-state index in [9.17, 15) is 13.2 Å². The van der Waals surface area contributed by atoms with Gasteiger partial charge in [-0.15, -0.1) is 0 Å². The zero-order valence-corrected chi connectivity index (χ0v) is 4.71. The average molecular weight is 146 g/mol. The van der Waals surface area contributed by atoms with Crippen molar-refractivity contribution in [2.24, 2.45) is 0 Å². The maximum atomic E-state index is 11.2. The zero-order chi connectivity index (χ0) is 6.78. The third-order valence-electron chi connectivity index (χ3n) is 0.551. The molecule has 1 N–H and O–H groups in total. The summed E-state index contributed by atoms with van der Waals surface area (Å²) in [5.41, 5.74) is 0. The lowest BCUT2D eigenvalue weighted by Crippen LogP contribution is -2.29. The van der Waals surface area contributed by atoms with Crippen molar-refractivity contribution in [1.82, 2.24) is 0 Å². The quantitative estimate of drug-likeness (QED) is 0.525. The molecule has 0 aromatic heterocycles. The van der Waals surface area contributed by atoms with Crippen molar-refractivity contribution in [1.29, 1.82) is 0 Å². The van der Waals surface area contributed by atoms with Crippen molar-refractivity contribution in [3.63, 3.8) is 0 Å². The van der Waals surface area contributed by atoms with Crippen molar-refractivity contribution < 1.29 is 18.3 Å². The predicted octanol–water partition coefficient (Wildman–Crippen LogP) is 0.839. The van der Waals surface area contributed by atoms with Crippen LogP contribution in [0, 0.1) is 0 Å². The Morgan fingerprint density at radius 3 is 1.88 bits per heavy atom. The van der Waals surface area contributed by atoms with Gasteiger partial charge in [-0.1, -0.05) is 0 Å². The first-order valence-corrected chi connectivity index (χ1v) is 2.47. The summed E-state index contributed by atoms with van der Waals surface area (Å²) in [7, 11) is 0. The summed E-state index contributed by atoms with van der Waals surface area (Å²) < 4.78 is 33.5. The number of halogens is 3. The number of hydrogen-bond acceptors (Lipinski definition) is 2. The Kier molecular flexibility index (Phi) is 2.62. The van der Waals surface area contributed by atoms with Gasteiger partial charge < -0.3 is 5.11 Å². The molecule has 0 aliphatic heterocycles. The summed E-state index contributed by atoms with van der Waals surface area (Å²) >= 11 is 3.24. The normalized spacial score (nSPS) is 16.1. The fourth-order valence-electron chi connectivity index (χ4n) is 0.104. The molecule has 1 unspecified atom stereocenters. The lowest BCUT2D eigenvalue weighted by Gasteiger charge is -2.10. The van der Waals surface area contributed by atoms with E-state index in [1.54, 1.807) is 0 Å². The standard InChI is InChI=1S/C3H5F3OS/c4-3(5,6)2(7)1-8/h2,7-8H,1H2. The number of aliphatic hydroxyl groups is 1. The molecule has 0 bridgehead atoms. The summed E-state index contributed by atoms with van der Waals surface area (Å²) in [6.07, 6.45) is -6.80. The minimum atomic E-state index is -4.51. The highest BCUT2D eigenvalue weighted by Crippen LogP contribution is 2.20. The lowest BCUT2D eigenvalue weighted by molar-refractivity contribution is -0.195. The van der Waals surface area contributed by atoms with Crippen molar-refractivity contribution >= 4 is 12.6 Å². The number of aliphatic hydroxyl groups excluding tert-OH is 1. The fourth-order valence-corrected chi connectivity index (χ4v) is 0.311. The molecule has 50 valence electrons. The summed E-state index contributed by atoms with van der Waals surface area (Å²) in [5.74, 6) is -0.580. The molecule has 0 saturated heterocycles. The van der Waals surface area contributed by atoms with Crippen molar-refractivity contribution in [3.8, 4) is 0 Å². The van der Waals surface area contributed by atoms with Gasteiger partial charge in [0.05, 0.1) is 0 Å². The molecule has 0 spiro atoms. The molecule has 0 heterocycles. The third-order valence-corrected chi connectivity index (χ3v) is 0.897. The van der Waals surface area contributed by atoms with Crippen LogP contribution in [0.4, 0.5) is 13.2 Å². The Morgan fingerprint density at radius 2 is 1.88 bits per heavy atom. The van der Waals surface area contributed by atoms with E-state index in [2.05, 4.69) is 12.6 Å². The van der Waals surface area contributed by atoms with Crippen LogP contribution < -0.4 is 0 Å². The molecular formula is C3H5F3OS. The summed E-state index contributed by atoms with van der Waals surface area (Å²) in [5, 5.41) is 7.99. The van der Waals surface area contributed by atoms with Gasteiger partial charge in [-0.25, -0.2) is 0 Å². The molecule has 0 amide bonds. The van der Waals surface area contributed by atoms with E-state index >= 15 is 0 Å². The Bertz CT molecular complexity index is 71.4. The van der Waals surface area contributed by atoms with Crippen LogP contribution in [0.2, 0.25) is 0 Å². The Morgan fingerprint density at radius 1 is 1.50 bits per heavy atom. The first-order chi connectivity index (χ1) is 3.48. The van der Waals surface area contributed by atoms with Crippen LogP contribution in [-0.4, -0.2) is 23.1 Å². The summed E-state index contributed by atoms with van der Waals surface area (Å²) in [6.45, 7) is 0. The summed E-state index contributed by atoms with van der Waals surface area (Å²) in [4.78, 5) is 0. The highest BCUT2D eigenvalue weighted by Gasteiger charge is 2.36. The number of rotatable bonds is 1. The van der Waals surface area contributed by atoms with Crippen LogP contribution in [0.3, 0.4) is 0 Å². The number of thiol groups is 1. The van der Waals surface area contributed by atoms with E-state index in [1.807, 2.05) is 0 Å². The number of hydrogen-bond donors (Lipinski definition) is 2. The van der Waals surface area contributed by atoms with Crippen molar-refractivity contribution in [2.45, 2.75) is 12.3 Å². The fraction of sp³-hybridized carbons (Fsp3) is 1.00. The molecule has 8 heavy (non-hydrogen) atoms. The molecule has 0 radical (unpaired) electrons.